The molecule has 0 spiro atoms. The van der Waals surface area contributed by atoms with E-state index >= 15 is 0 Å². The molecule has 0 radical (unpaired) electrons. The SMILES string of the molecule is CC(=Cc1ccc(Sc2ccncc2)c(C(F)(F)F)c1)C(=O)O. The maximum atomic E-state index is 13.3. The molecule has 0 fully saturated rings. The number of hydrogen-bond acceptors (Lipinski definition) is 3. The third-order valence-corrected chi connectivity index (χ3v) is 3.99. The van der Waals surface area contributed by atoms with Crippen molar-refractivity contribution in [2.45, 2.75) is 22.9 Å². The molecule has 0 bridgehead atoms. The summed E-state index contributed by atoms with van der Waals surface area (Å²) in [6.45, 7) is 1.33. The Balaban J connectivity index is 2.44. The Bertz CT molecular complexity index is 743. The van der Waals surface area contributed by atoms with E-state index in [0.717, 1.165) is 17.8 Å². The van der Waals surface area contributed by atoms with E-state index in [-0.39, 0.29) is 16.0 Å². The molecule has 1 heterocycles. The van der Waals surface area contributed by atoms with Crippen molar-refractivity contribution in [3.63, 3.8) is 0 Å². The molecule has 0 aliphatic carbocycles. The summed E-state index contributed by atoms with van der Waals surface area (Å²) in [5.74, 6) is -1.17. The van der Waals surface area contributed by atoms with E-state index in [0.29, 0.717) is 4.90 Å². The Morgan fingerprint density at radius 1 is 1.22 bits per heavy atom. The minimum Gasteiger partial charge on any atom is -0.478 e. The number of halogens is 3. The van der Waals surface area contributed by atoms with Crippen LogP contribution in [0.1, 0.15) is 18.1 Å². The van der Waals surface area contributed by atoms with Gasteiger partial charge in [0.2, 0.25) is 0 Å². The zero-order valence-corrected chi connectivity index (χ0v) is 12.8. The van der Waals surface area contributed by atoms with Crippen molar-refractivity contribution in [1.82, 2.24) is 4.98 Å². The third kappa shape index (κ3) is 4.59. The lowest BCUT2D eigenvalue weighted by molar-refractivity contribution is -0.139. The van der Waals surface area contributed by atoms with Gasteiger partial charge in [-0.25, -0.2) is 4.79 Å². The van der Waals surface area contributed by atoms with Gasteiger partial charge in [0.1, 0.15) is 0 Å². The van der Waals surface area contributed by atoms with Crippen LogP contribution >= 0.6 is 11.8 Å². The topological polar surface area (TPSA) is 50.2 Å². The maximum absolute atomic E-state index is 13.3. The molecule has 0 saturated heterocycles. The molecule has 2 aromatic rings. The molecular weight excluding hydrogens is 327 g/mol. The molecule has 0 atom stereocenters. The van der Waals surface area contributed by atoms with Crippen molar-refractivity contribution in [2.75, 3.05) is 0 Å². The van der Waals surface area contributed by atoms with Crippen LogP contribution in [0.2, 0.25) is 0 Å². The zero-order chi connectivity index (χ0) is 17.0. The second-order valence-electron chi connectivity index (χ2n) is 4.67. The zero-order valence-electron chi connectivity index (χ0n) is 12.0. The summed E-state index contributed by atoms with van der Waals surface area (Å²) < 4.78 is 39.8. The molecule has 0 saturated carbocycles. The Morgan fingerprint density at radius 2 is 1.87 bits per heavy atom. The van der Waals surface area contributed by atoms with Crippen LogP contribution in [-0.4, -0.2) is 16.1 Å². The summed E-state index contributed by atoms with van der Waals surface area (Å²) in [5.41, 5.74) is -0.643. The molecule has 1 aromatic carbocycles. The molecule has 0 unspecified atom stereocenters. The number of aliphatic carboxylic acids is 1. The van der Waals surface area contributed by atoms with Crippen LogP contribution in [0.3, 0.4) is 0 Å². The number of benzene rings is 1. The van der Waals surface area contributed by atoms with Crippen LogP contribution in [-0.2, 0) is 11.0 Å². The second kappa shape index (κ2) is 6.87. The molecule has 23 heavy (non-hydrogen) atoms. The fourth-order valence-electron chi connectivity index (χ4n) is 1.79. The number of hydrogen-bond donors (Lipinski definition) is 1. The van der Waals surface area contributed by atoms with Gasteiger partial charge in [-0.05, 0) is 42.8 Å². The number of alkyl halides is 3. The van der Waals surface area contributed by atoms with Crippen LogP contribution in [0, 0.1) is 0 Å². The van der Waals surface area contributed by atoms with Gasteiger partial charge < -0.3 is 5.11 Å². The van der Waals surface area contributed by atoms with E-state index < -0.39 is 17.7 Å². The minimum atomic E-state index is -4.53. The molecule has 0 aliphatic heterocycles. The number of carboxylic acid groups (broad SMARTS) is 1. The van der Waals surface area contributed by atoms with Crippen LogP contribution in [0.5, 0.6) is 0 Å². The summed E-state index contributed by atoms with van der Waals surface area (Å²) >= 11 is 0.978. The van der Waals surface area contributed by atoms with E-state index in [9.17, 15) is 18.0 Å². The monoisotopic (exact) mass is 339 g/mol. The number of carbonyl (C=O) groups is 1. The molecule has 1 N–H and O–H groups in total. The quantitative estimate of drug-likeness (QED) is 0.818. The number of rotatable bonds is 4. The van der Waals surface area contributed by atoms with Crippen LogP contribution < -0.4 is 0 Å². The molecule has 7 heteroatoms. The lowest BCUT2D eigenvalue weighted by atomic mass is 10.1. The predicted octanol–water partition coefficient (Wildman–Crippen LogP) is 4.74. The molecule has 2 rings (SSSR count). The Hall–Kier alpha value is -2.28. The highest BCUT2D eigenvalue weighted by molar-refractivity contribution is 7.99. The highest BCUT2D eigenvalue weighted by Gasteiger charge is 2.33. The van der Waals surface area contributed by atoms with E-state index in [2.05, 4.69) is 4.98 Å². The third-order valence-electron chi connectivity index (χ3n) is 2.91. The Labute approximate surface area is 134 Å². The molecule has 0 amide bonds. The number of aromatic nitrogens is 1. The molecule has 120 valence electrons. The van der Waals surface area contributed by atoms with Gasteiger partial charge in [-0.2, -0.15) is 13.2 Å². The normalized spacial score (nSPS) is 12.3. The Morgan fingerprint density at radius 3 is 2.43 bits per heavy atom. The van der Waals surface area contributed by atoms with Crippen LogP contribution in [0.4, 0.5) is 13.2 Å². The smallest absolute Gasteiger partial charge is 0.417 e. The summed E-state index contributed by atoms with van der Waals surface area (Å²) in [5, 5.41) is 8.82. The minimum absolute atomic E-state index is 0.0346. The first-order chi connectivity index (χ1) is 10.8. The standard InChI is InChI=1S/C16H12F3NO2S/c1-10(15(21)22)8-11-2-3-14(13(9-11)16(17,18)19)23-12-4-6-20-7-5-12/h2-9H,1H3,(H,21,22). The predicted molar refractivity (Wildman–Crippen MR) is 81.1 cm³/mol. The van der Waals surface area contributed by atoms with Gasteiger partial charge in [0, 0.05) is 27.8 Å². The lowest BCUT2D eigenvalue weighted by Gasteiger charge is -2.13. The molecular formula is C16H12F3NO2S. The van der Waals surface area contributed by atoms with Crippen molar-refractivity contribution >= 4 is 23.8 Å². The highest BCUT2D eigenvalue weighted by Crippen LogP contribution is 2.40. The summed E-state index contributed by atoms with van der Waals surface area (Å²) in [6, 6.07) is 7.00. The van der Waals surface area contributed by atoms with E-state index in [1.54, 1.807) is 12.1 Å². The molecule has 1 aromatic heterocycles. The first-order valence-corrected chi connectivity index (χ1v) is 7.30. The summed E-state index contributed by atoms with van der Waals surface area (Å²) in [7, 11) is 0. The van der Waals surface area contributed by atoms with Gasteiger partial charge >= 0.3 is 12.1 Å². The second-order valence-corrected chi connectivity index (χ2v) is 5.79. The lowest BCUT2D eigenvalue weighted by Crippen LogP contribution is -2.07. The molecule has 3 nitrogen and oxygen atoms in total. The van der Waals surface area contributed by atoms with Crippen molar-refractivity contribution in [3.05, 3.63) is 59.4 Å². The van der Waals surface area contributed by atoms with Gasteiger partial charge in [0.15, 0.2) is 0 Å². The summed E-state index contributed by atoms with van der Waals surface area (Å²) in [6.07, 6.45) is -0.319. The van der Waals surface area contributed by atoms with Crippen LogP contribution in [0.15, 0.2) is 58.1 Å². The summed E-state index contributed by atoms with van der Waals surface area (Å²) in [4.78, 5) is 15.3. The number of pyridine rings is 1. The van der Waals surface area contributed by atoms with Gasteiger partial charge in [0.05, 0.1) is 5.56 Å². The van der Waals surface area contributed by atoms with E-state index in [1.807, 2.05) is 0 Å². The fourth-order valence-corrected chi connectivity index (χ4v) is 2.73. The van der Waals surface area contributed by atoms with Gasteiger partial charge in [-0.1, -0.05) is 17.8 Å². The van der Waals surface area contributed by atoms with Gasteiger partial charge in [-0.15, -0.1) is 0 Å². The van der Waals surface area contributed by atoms with Gasteiger partial charge in [-0.3, -0.25) is 4.98 Å². The largest absolute Gasteiger partial charge is 0.478 e. The van der Waals surface area contributed by atoms with E-state index in [1.165, 1.54) is 37.5 Å². The van der Waals surface area contributed by atoms with Crippen LogP contribution in [0.25, 0.3) is 6.08 Å². The number of carboxylic acids is 1. The van der Waals surface area contributed by atoms with Crippen molar-refractivity contribution < 1.29 is 23.1 Å². The Kier molecular flexibility index (Phi) is 5.10. The first kappa shape index (κ1) is 17.1. The fraction of sp³-hybridized carbons (Fsp3) is 0.125. The average molecular weight is 339 g/mol. The maximum Gasteiger partial charge on any atom is 0.417 e. The highest BCUT2D eigenvalue weighted by atomic mass is 32.2. The number of nitrogens with zero attached hydrogens (tertiary/aromatic N) is 1. The molecule has 0 aliphatic rings. The van der Waals surface area contributed by atoms with Gasteiger partial charge in [0.25, 0.3) is 0 Å². The van der Waals surface area contributed by atoms with Crippen molar-refractivity contribution in [2.24, 2.45) is 0 Å². The van der Waals surface area contributed by atoms with E-state index in [4.69, 9.17) is 5.11 Å². The van der Waals surface area contributed by atoms with Crippen molar-refractivity contribution in [3.8, 4) is 0 Å². The first-order valence-electron chi connectivity index (χ1n) is 6.48. The average Bonchev–Trinajstić information content (AvgIpc) is 2.48. The van der Waals surface area contributed by atoms with Crippen molar-refractivity contribution in [1.29, 1.82) is 0 Å².